The van der Waals surface area contributed by atoms with Crippen molar-refractivity contribution in [2.75, 3.05) is 0 Å². The number of rotatable bonds is 5. The SMILES string of the molecule is CC(c1ccccc1)n1c(SCc2cc(=O)oc3cc(O)ccc23)n[nH]c1=O. The van der Waals surface area contributed by atoms with Crippen LogP contribution in [-0.4, -0.2) is 19.9 Å². The van der Waals surface area contributed by atoms with E-state index in [1.807, 2.05) is 37.3 Å². The van der Waals surface area contributed by atoms with Gasteiger partial charge in [0.05, 0.1) is 6.04 Å². The summed E-state index contributed by atoms with van der Waals surface area (Å²) in [5, 5.41) is 17.5. The summed E-state index contributed by atoms with van der Waals surface area (Å²) in [7, 11) is 0. The maximum atomic E-state index is 12.3. The van der Waals surface area contributed by atoms with E-state index in [4.69, 9.17) is 4.42 Å². The van der Waals surface area contributed by atoms with E-state index < -0.39 is 5.63 Å². The molecule has 142 valence electrons. The van der Waals surface area contributed by atoms with E-state index in [9.17, 15) is 14.7 Å². The third-order valence-electron chi connectivity index (χ3n) is 4.51. The summed E-state index contributed by atoms with van der Waals surface area (Å²) < 4.78 is 6.75. The first-order chi connectivity index (χ1) is 13.5. The Kier molecular flexibility index (Phi) is 4.79. The maximum absolute atomic E-state index is 12.3. The molecule has 0 saturated carbocycles. The van der Waals surface area contributed by atoms with Gasteiger partial charge < -0.3 is 9.52 Å². The van der Waals surface area contributed by atoms with E-state index in [1.165, 1.54) is 23.9 Å². The molecule has 0 spiro atoms. The van der Waals surface area contributed by atoms with Crippen molar-refractivity contribution in [3.8, 4) is 5.75 Å². The highest BCUT2D eigenvalue weighted by Crippen LogP contribution is 2.28. The van der Waals surface area contributed by atoms with Gasteiger partial charge in [-0.25, -0.2) is 14.7 Å². The highest BCUT2D eigenvalue weighted by atomic mass is 32.2. The maximum Gasteiger partial charge on any atom is 0.344 e. The predicted molar refractivity (Wildman–Crippen MR) is 107 cm³/mol. The standard InChI is InChI=1S/C20H17N3O4S/c1-12(13-5-3-2-4-6-13)23-19(26)21-22-20(23)28-11-14-9-18(25)27-17-10-15(24)7-8-16(14)17/h2-10,12,24H,11H2,1H3,(H,21,26). The van der Waals surface area contributed by atoms with Crippen molar-refractivity contribution in [1.82, 2.24) is 14.8 Å². The number of phenolic OH excluding ortho intramolecular Hbond substituents is 1. The zero-order valence-corrected chi connectivity index (χ0v) is 15.8. The summed E-state index contributed by atoms with van der Waals surface area (Å²) in [5.74, 6) is 0.442. The summed E-state index contributed by atoms with van der Waals surface area (Å²) in [6, 6.07) is 15.6. The van der Waals surface area contributed by atoms with Crippen LogP contribution in [-0.2, 0) is 5.75 Å². The molecule has 2 N–H and O–H groups in total. The quantitative estimate of drug-likeness (QED) is 0.397. The number of benzene rings is 2. The van der Waals surface area contributed by atoms with Crippen molar-refractivity contribution >= 4 is 22.7 Å². The van der Waals surface area contributed by atoms with Crippen LogP contribution in [0.2, 0.25) is 0 Å². The first-order valence-electron chi connectivity index (χ1n) is 8.63. The zero-order chi connectivity index (χ0) is 19.7. The lowest BCUT2D eigenvalue weighted by molar-refractivity contribution is 0.473. The third kappa shape index (κ3) is 3.46. The first kappa shape index (κ1) is 18.1. The van der Waals surface area contributed by atoms with Gasteiger partial charge in [-0.05, 0) is 30.2 Å². The molecule has 28 heavy (non-hydrogen) atoms. The molecule has 0 radical (unpaired) electrons. The summed E-state index contributed by atoms with van der Waals surface area (Å²) in [6.45, 7) is 1.94. The lowest BCUT2D eigenvalue weighted by atomic mass is 10.1. The van der Waals surface area contributed by atoms with E-state index in [2.05, 4.69) is 10.2 Å². The number of aromatic nitrogens is 3. The number of phenols is 1. The number of hydrogen-bond acceptors (Lipinski definition) is 6. The van der Waals surface area contributed by atoms with Gasteiger partial charge in [0.1, 0.15) is 11.3 Å². The second-order valence-electron chi connectivity index (χ2n) is 6.33. The molecule has 0 saturated heterocycles. The lowest BCUT2D eigenvalue weighted by Gasteiger charge is -2.14. The second kappa shape index (κ2) is 7.40. The summed E-state index contributed by atoms with van der Waals surface area (Å²) in [6.07, 6.45) is 0. The van der Waals surface area contributed by atoms with Crippen molar-refractivity contribution in [3.63, 3.8) is 0 Å². The Bertz CT molecular complexity index is 1240. The Labute approximate surface area is 163 Å². The van der Waals surface area contributed by atoms with Crippen LogP contribution >= 0.6 is 11.8 Å². The first-order valence-corrected chi connectivity index (χ1v) is 9.62. The highest BCUT2D eigenvalue weighted by Gasteiger charge is 2.17. The molecule has 0 aliphatic carbocycles. The van der Waals surface area contributed by atoms with Crippen molar-refractivity contribution in [1.29, 1.82) is 0 Å². The number of fused-ring (bicyclic) bond motifs is 1. The molecule has 0 bridgehead atoms. The molecular formula is C20H17N3O4S. The molecule has 0 aliphatic rings. The fraction of sp³-hybridized carbons (Fsp3) is 0.150. The fourth-order valence-corrected chi connectivity index (χ4v) is 4.11. The second-order valence-corrected chi connectivity index (χ2v) is 7.27. The van der Waals surface area contributed by atoms with Crippen LogP contribution in [0, 0.1) is 0 Å². The van der Waals surface area contributed by atoms with Crippen LogP contribution in [0.5, 0.6) is 5.75 Å². The molecule has 2 aromatic heterocycles. The van der Waals surface area contributed by atoms with Gasteiger partial charge in [-0.3, -0.25) is 4.57 Å². The smallest absolute Gasteiger partial charge is 0.344 e. The van der Waals surface area contributed by atoms with Crippen LogP contribution in [0.25, 0.3) is 11.0 Å². The van der Waals surface area contributed by atoms with E-state index in [-0.39, 0.29) is 17.5 Å². The third-order valence-corrected chi connectivity index (χ3v) is 5.51. The van der Waals surface area contributed by atoms with Gasteiger partial charge in [0.25, 0.3) is 0 Å². The molecular weight excluding hydrogens is 378 g/mol. The molecule has 8 heteroatoms. The number of nitrogens with one attached hydrogen (secondary N) is 1. The molecule has 0 aliphatic heterocycles. The number of nitrogens with zero attached hydrogens (tertiary/aromatic N) is 2. The zero-order valence-electron chi connectivity index (χ0n) is 15.0. The number of thioether (sulfide) groups is 1. The van der Waals surface area contributed by atoms with E-state index >= 15 is 0 Å². The topological polar surface area (TPSA) is 101 Å². The minimum Gasteiger partial charge on any atom is -0.508 e. The van der Waals surface area contributed by atoms with E-state index in [0.717, 1.165) is 16.5 Å². The normalized spacial score (nSPS) is 12.3. The Balaban J connectivity index is 1.66. The molecule has 4 aromatic rings. The molecule has 1 atom stereocenters. The number of hydrogen-bond donors (Lipinski definition) is 2. The van der Waals surface area contributed by atoms with Crippen molar-refractivity contribution in [2.24, 2.45) is 0 Å². The molecule has 2 aromatic carbocycles. The van der Waals surface area contributed by atoms with Gasteiger partial charge in [-0.2, -0.15) is 0 Å². The van der Waals surface area contributed by atoms with Crippen molar-refractivity contribution in [3.05, 3.63) is 86.6 Å². The molecule has 2 heterocycles. The summed E-state index contributed by atoms with van der Waals surface area (Å²) >= 11 is 1.35. The highest BCUT2D eigenvalue weighted by molar-refractivity contribution is 7.98. The van der Waals surface area contributed by atoms with Crippen LogP contribution in [0.4, 0.5) is 0 Å². The summed E-state index contributed by atoms with van der Waals surface area (Å²) in [5.41, 5.74) is 1.27. The largest absolute Gasteiger partial charge is 0.508 e. The molecule has 0 fully saturated rings. The Hall–Kier alpha value is -3.26. The minimum atomic E-state index is -0.495. The van der Waals surface area contributed by atoms with Gasteiger partial charge in [0.2, 0.25) is 0 Å². The van der Waals surface area contributed by atoms with Crippen molar-refractivity contribution < 1.29 is 9.52 Å². The van der Waals surface area contributed by atoms with Crippen LogP contribution in [0.3, 0.4) is 0 Å². The minimum absolute atomic E-state index is 0.0262. The average Bonchev–Trinajstić information content (AvgIpc) is 3.06. The Morgan fingerprint density at radius 3 is 2.75 bits per heavy atom. The monoisotopic (exact) mass is 395 g/mol. The molecule has 0 amide bonds. The van der Waals surface area contributed by atoms with E-state index in [1.54, 1.807) is 16.7 Å². The summed E-state index contributed by atoms with van der Waals surface area (Å²) in [4.78, 5) is 24.2. The fourth-order valence-electron chi connectivity index (χ4n) is 3.09. The molecule has 4 rings (SSSR count). The van der Waals surface area contributed by atoms with Gasteiger partial charge >= 0.3 is 11.3 Å². The average molecular weight is 395 g/mol. The van der Waals surface area contributed by atoms with Crippen LogP contribution in [0.15, 0.2) is 73.8 Å². The molecule has 7 nitrogen and oxygen atoms in total. The number of H-pyrrole nitrogens is 1. The Morgan fingerprint density at radius 1 is 1.18 bits per heavy atom. The van der Waals surface area contributed by atoms with Crippen LogP contribution < -0.4 is 11.3 Å². The van der Waals surface area contributed by atoms with Gasteiger partial charge in [-0.15, -0.1) is 5.10 Å². The van der Waals surface area contributed by atoms with Crippen molar-refractivity contribution in [2.45, 2.75) is 23.9 Å². The van der Waals surface area contributed by atoms with Gasteiger partial charge in [-0.1, -0.05) is 42.1 Å². The predicted octanol–water partition coefficient (Wildman–Crippen LogP) is 3.29. The number of aromatic hydroxyl groups is 1. The van der Waals surface area contributed by atoms with Gasteiger partial charge in [0.15, 0.2) is 5.16 Å². The van der Waals surface area contributed by atoms with E-state index in [0.29, 0.717) is 16.5 Å². The van der Waals surface area contributed by atoms with Gasteiger partial charge in [0, 0.05) is 23.3 Å². The Morgan fingerprint density at radius 2 is 1.96 bits per heavy atom. The van der Waals surface area contributed by atoms with Crippen LogP contribution in [0.1, 0.15) is 24.1 Å². The lowest BCUT2D eigenvalue weighted by Crippen LogP contribution is -2.22. The number of aromatic amines is 1. The molecule has 1 unspecified atom stereocenters.